The number of ether oxygens (including phenoxy) is 1. The van der Waals surface area contributed by atoms with Gasteiger partial charge in [0.05, 0.1) is 25.6 Å². The number of aryl methyl sites for hydroxylation is 1. The highest BCUT2D eigenvalue weighted by Crippen LogP contribution is 2.25. The number of carbonyl (C=O) groups excluding carboxylic acids is 1. The van der Waals surface area contributed by atoms with Gasteiger partial charge in [0.25, 0.3) is 0 Å². The Morgan fingerprint density at radius 3 is 2.83 bits per heavy atom. The van der Waals surface area contributed by atoms with Gasteiger partial charge in [0, 0.05) is 13.7 Å². The van der Waals surface area contributed by atoms with Gasteiger partial charge in [-0.15, -0.1) is 10.2 Å². The Morgan fingerprint density at radius 2 is 2.09 bits per heavy atom. The SMILES string of the molecule is COCCC(=O)N1Cc2nnc(C)n2[C@H](Cc2ccccc2)C1. The summed E-state index contributed by atoms with van der Waals surface area (Å²) in [6, 6.07) is 10.5. The van der Waals surface area contributed by atoms with Crippen molar-refractivity contribution in [2.24, 2.45) is 0 Å². The normalized spacial score (nSPS) is 17.1. The standard InChI is InChI=1S/C17H22N4O2/c1-13-18-19-16-12-20(17(22)8-9-23-2)11-15(21(13)16)10-14-6-4-3-5-7-14/h3-7,15H,8-12H2,1-2H3/t15-/m1/s1. The van der Waals surface area contributed by atoms with Crippen LogP contribution >= 0.6 is 0 Å². The molecule has 0 spiro atoms. The van der Waals surface area contributed by atoms with Crippen LogP contribution in [0.3, 0.4) is 0 Å². The topological polar surface area (TPSA) is 60.2 Å². The minimum atomic E-state index is 0.108. The maximum absolute atomic E-state index is 12.4. The second kappa shape index (κ2) is 6.91. The molecule has 23 heavy (non-hydrogen) atoms. The van der Waals surface area contributed by atoms with E-state index in [-0.39, 0.29) is 11.9 Å². The van der Waals surface area contributed by atoms with Crippen LogP contribution in [0.4, 0.5) is 0 Å². The molecule has 0 radical (unpaired) electrons. The number of fused-ring (bicyclic) bond motifs is 1. The van der Waals surface area contributed by atoms with E-state index in [1.54, 1.807) is 7.11 Å². The zero-order valence-corrected chi connectivity index (χ0v) is 13.6. The fourth-order valence-electron chi connectivity index (χ4n) is 3.15. The van der Waals surface area contributed by atoms with E-state index < -0.39 is 0 Å². The first-order chi connectivity index (χ1) is 11.2. The van der Waals surface area contributed by atoms with Crippen molar-refractivity contribution in [3.05, 3.63) is 47.5 Å². The first kappa shape index (κ1) is 15.7. The molecule has 1 aliphatic heterocycles. The number of methoxy groups -OCH3 is 1. The second-order valence-corrected chi connectivity index (χ2v) is 5.89. The number of carbonyl (C=O) groups is 1. The lowest BCUT2D eigenvalue weighted by atomic mass is 10.0. The fourth-order valence-corrected chi connectivity index (χ4v) is 3.15. The average molecular weight is 314 g/mol. The van der Waals surface area contributed by atoms with E-state index in [2.05, 4.69) is 26.9 Å². The van der Waals surface area contributed by atoms with Crippen LogP contribution in [-0.2, 0) is 22.5 Å². The van der Waals surface area contributed by atoms with Gasteiger partial charge < -0.3 is 14.2 Å². The predicted molar refractivity (Wildman–Crippen MR) is 85.9 cm³/mol. The van der Waals surface area contributed by atoms with Gasteiger partial charge in [-0.3, -0.25) is 4.79 Å². The van der Waals surface area contributed by atoms with Gasteiger partial charge in [0.1, 0.15) is 5.82 Å². The molecule has 0 aliphatic carbocycles. The van der Waals surface area contributed by atoms with E-state index in [1.807, 2.05) is 30.0 Å². The maximum atomic E-state index is 12.4. The molecule has 2 aromatic rings. The van der Waals surface area contributed by atoms with Crippen LogP contribution < -0.4 is 0 Å². The lowest BCUT2D eigenvalue weighted by Crippen LogP contribution is -2.42. The minimum Gasteiger partial charge on any atom is -0.384 e. The molecule has 1 aromatic heterocycles. The van der Waals surface area contributed by atoms with Crippen molar-refractivity contribution in [1.29, 1.82) is 0 Å². The summed E-state index contributed by atoms with van der Waals surface area (Å²) in [7, 11) is 1.61. The zero-order chi connectivity index (χ0) is 16.2. The number of benzene rings is 1. The van der Waals surface area contributed by atoms with Crippen molar-refractivity contribution in [2.75, 3.05) is 20.3 Å². The maximum Gasteiger partial charge on any atom is 0.225 e. The summed E-state index contributed by atoms with van der Waals surface area (Å²) in [5, 5.41) is 8.45. The van der Waals surface area contributed by atoms with E-state index >= 15 is 0 Å². The fraction of sp³-hybridized carbons (Fsp3) is 0.471. The van der Waals surface area contributed by atoms with Crippen LogP contribution in [0.15, 0.2) is 30.3 Å². The molecule has 1 aromatic carbocycles. The predicted octanol–water partition coefficient (Wildman–Crippen LogP) is 1.75. The zero-order valence-electron chi connectivity index (χ0n) is 13.6. The summed E-state index contributed by atoms with van der Waals surface area (Å²) >= 11 is 0. The van der Waals surface area contributed by atoms with Crippen molar-refractivity contribution in [3.63, 3.8) is 0 Å². The van der Waals surface area contributed by atoms with Crippen molar-refractivity contribution >= 4 is 5.91 Å². The lowest BCUT2D eigenvalue weighted by Gasteiger charge is -2.34. The highest BCUT2D eigenvalue weighted by molar-refractivity contribution is 5.76. The highest BCUT2D eigenvalue weighted by Gasteiger charge is 2.30. The highest BCUT2D eigenvalue weighted by atomic mass is 16.5. The third-order valence-corrected chi connectivity index (χ3v) is 4.25. The quantitative estimate of drug-likeness (QED) is 0.843. The summed E-state index contributed by atoms with van der Waals surface area (Å²) in [6.07, 6.45) is 1.27. The summed E-state index contributed by atoms with van der Waals surface area (Å²) in [5.74, 6) is 1.88. The molecule has 0 bridgehead atoms. The van der Waals surface area contributed by atoms with Gasteiger partial charge >= 0.3 is 0 Å². The van der Waals surface area contributed by atoms with E-state index in [0.29, 0.717) is 26.1 Å². The minimum absolute atomic E-state index is 0.108. The first-order valence-corrected chi connectivity index (χ1v) is 7.90. The van der Waals surface area contributed by atoms with Gasteiger partial charge in [0.15, 0.2) is 5.82 Å². The summed E-state index contributed by atoms with van der Waals surface area (Å²) in [5.41, 5.74) is 1.25. The number of rotatable bonds is 5. The molecule has 6 heteroatoms. The van der Waals surface area contributed by atoms with Crippen molar-refractivity contribution in [2.45, 2.75) is 32.4 Å². The molecule has 1 atom stereocenters. The molecule has 3 rings (SSSR count). The average Bonchev–Trinajstić information content (AvgIpc) is 2.95. The van der Waals surface area contributed by atoms with Gasteiger partial charge in [-0.2, -0.15) is 0 Å². The molecular weight excluding hydrogens is 292 g/mol. The Hall–Kier alpha value is -2.21. The second-order valence-electron chi connectivity index (χ2n) is 5.89. The number of aromatic nitrogens is 3. The summed E-state index contributed by atoms with van der Waals surface area (Å²) in [6.45, 7) is 3.62. The van der Waals surface area contributed by atoms with Crippen molar-refractivity contribution in [1.82, 2.24) is 19.7 Å². The molecule has 0 saturated carbocycles. The molecule has 1 amide bonds. The van der Waals surface area contributed by atoms with E-state index in [4.69, 9.17) is 4.74 Å². The lowest BCUT2D eigenvalue weighted by molar-refractivity contribution is -0.134. The monoisotopic (exact) mass is 314 g/mol. The largest absolute Gasteiger partial charge is 0.384 e. The first-order valence-electron chi connectivity index (χ1n) is 7.90. The van der Waals surface area contributed by atoms with Gasteiger partial charge in [0.2, 0.25) is 5.91 Å². The van der Waals surface area contributed by atoms with Crippen LogP contribution in [0.5, 0.6) is 0 Å². The molecule has 0 fully saturated rings. The Bertz CT molecular complexity index is 668. The molecule has 0 saturated heterocycles. The third kappa shape index (κ3) is 3.42. The van der Waals surface area contributed by atoms with E-state index in [0.717, 1.165) is 18.1 Å². The molecular formula is C17H22N4O2. The molecule has 1 aliphatic rings. The Kier molecular flexibility index (Phi) is 4.71. The molecule has 0 N–H and O–H groups in total. The van der Waals surface area contributed by atoms with E-state index in [1.165, 1.54) is 5.56 Å². The van der Waals surface area contributed by atoms with Crippen LogP contribution in [0.25, 0.3) is 0 Å². The smallest absolute Gasteiger partial charge is 0.225 e. The van der Waals surface area contributed by atoms with Gasteiger partial charge in [-0.25, -0.2) is 0 Å². The molecule has 0 unspecified atom stereocenters. The Balaban J connectivity index is 1.82. The third-order valence-electron chi connectivity index (χ3n) is 4.25. The van der Waals surface area contributed by atoms with Crippen molar-refractivity contribution < 1.29 is 9.53 Å². The molecule has 2 heterocycles. The molecule has 6 nitrogen and oxygen atoms in total. The Labute approximate surface area is 136 Å². The number of amides is 1. The molecule has 122 valence electrons. The number of hydrogen-bond donors (Lipinski definition) is 0. The van der Waals surface area contributed by atoms with Gasteiger partial charge in [-0.1, -0.05) is 30.3 Å². The van der Waals surface area contributed by atoms with Crippen LogP contribution in [0, 0.1) is 6.92 Å². The van der Waals surface area contributed by atoms with E-state index in [9.17, 15) is 4.79 Å². The van der Waals surface area contributed by atoms with Crippen LogP contribution in [-0.4, -0.2) is 45.8 Å². The summed E-state index contributed by atoms with van der Waals surface area (Å²) in [4.78, 5) is 14.2. The van der Waals surface area contributed by atoms with Crippen LogP contribution in [0.2, 0.25) is 0 Å². The van der Waals surface area contributed by atoms with Crippen LogP contribution in [0.1, 0.15) is 29.7 Å². The van der Waals surface area contributed by atoms with Crippen molar-refractivity contribution in [3.8, 4) is 0 Å². The number of hydrogen-bond acceptors (Lipinski definition) is 4. The number of nitrogens with zero attached hydrogens (tertiary/aromatic N) is 4. The van der Waals surface area contributed by atoms with Gasteiger partial charge in [-0.05, 0) is 18.9 Å². The summed E-state index contributed by atoms with van der Waals surface area (Å²) < 4.78 is 7.19. The Morgan fingerprint density at radius 1 is 1.30 bits per heavy atom.